The fraction of sp³-hybridized carbons (Fsp3) is 0.500. The maximum atomic E-state index is 12.5. The molecule has 0 saturated carbocycles. The second-order valence-corrected chi connectivity index (χ2v) is 10.5. The molecule has 0 fully saturated rings. The number of nitrogens with zero attached hydrogens (tertiary/aromatic N) is 3. The Labute approximate surface area is 192 Å². The first-order valence-electron chi connectivity index (χ1n) is 9.44. The molecule has 0 spiro atoms. The van der Waals surface area contributed by atoms with Crippen LogP contribution in [-0.2, 0) is 20.9 Å². The summed E-state index contributed by atoms with van der Waals surface area (Å²) < 4.78 is 1.36. The van der Waals surface area contributed by atoms with Gasteiger partial charge < -0.3 is 15.5 Å². The highest BCUT2D eigenvalue weighted by Gasteiger charge is 2.17. The number of likely N-dealkylation sites (N-methyl/N-ethyl adjacent to an activating group) is 1. The Bertz CT molecular complexity index is 813. The zero-order chi connectivity index (χ0) is 21.8. The van der Waals surface area contributed by atoms with Gasteiger partial charge in [0.1, 0.15) is 0 Å². The lowest BCUT2D eigenvalue weighted by atomic mass is 10.4. The fourth-order valence-corrected chi connectivity index (χ4v) is 5.57. The number of thioether (sulfide) groups is 2. The van der Waals surface area contributed by atoms with Gasteiger partial charge in [0.25, 0.3) is 0 Å². The molecule has 2 aromatic heterocycles. The molecule has 0 radical (unpaired) electrons. The van der Waals surface area contributed by atoms with Gasteiger partial charge in [0.05, 0.1) is 24.6 Å². The minimum absolute atomic E-state index is 0.0302. The molecule has 164 valence electrons. The number of amides is 3. The number of rotatable bonds is 13. The molecule has 8 nitrogen and oxygen atoms in total. The highest BCUT2D eigenvalue weighted by Crippen LogP contribution is 2.28. The van der Waals surface area contributed by atoms with E-state index in [1.165, 1.54) is 39.8 Å². The van der Waals surface area contributed by atoms with Crippen LogP contribution >= 0.6 is 46.2 Å². The second kappa shape index (κ2) is 13.6. The van der Waals surface area contributed by atoms with E-state index in [0.717, 1.165) is 11.3 Å². The van der Waals surface area contributed by atoms with Crippen LogP contribution in [0.5, 0.6) is 0 Å². The number of thiophene rings is 1. The van der Waals surface area contributed by atoms with Gasteiger partial charge in [-0.3, -0.25) is 14.4 Å². The number of carbonyl (C=O) groups is 3. The van der Waals surface area contributed by atoms with Crippen molar-refractivity contribution in [1.29, 1.82) is 0 Å². The molecule has 2 heterocycles. The van der Waals surface area contributed by atoms with E-state index in [4.69, 9.17) is 0 Å². The average molecular weight is 488 g/mol. The minimum atomic E-state index is -0.181. The Kier molecular flexibility index (Phi) is 11.2. The third kappa shape index (κ3) is 9.02. The van der Waals surface area contributed by atoms with E-state index in [-0.39, 0.29) is 30.0 Å². The van der Waals surface area contributed by atoms with E-state index < -0.39 is 0 Å². The molecule has 2 rings (SSSR count). The summed E-state index contributed by atoms with van der Waals surface area (Å²) in [5.74, 6) is 0.138. The van der Waals surface area contributed by atoms with Crippen LogP contribution < -0.4 is 10.6 Å². The lowest BCUT2D eigenvalue weighted by Crippen LogP contribution is -2.41. The van der Waals surface area contributed by atoms with Crippen LogP contribution in [0.3, 0.4) is 0 Å². The minimum Gasteiger partial charge on any atom is -0.355 e. The Morgan fingerprint density at radius 2 is 1.80 bits per heavy atom. The second-order valence-electron chi connectivity index (χ2n) is 6.03. The van der Waals surface area contributed by atoms with Gasteiger partial charge in [0.15, 0.2) is 8.68 Å². The summed E-state index contributed by atoms with van der Waals surface area (Å²) in [7, 11) is 0. The maximum absolute atomic E-state index is 12.5. The van der Waals surface area contributed by atoms with Crippen LogP contribution in [-0.4, -0.2) is 64.0 Å². The van der Waals surface area contributed by atoms with Crippen molar-refractivity contribution in [2.45, 2.75) is 35.5 Å². The lowest BCUT2D eigenvalue weighted by Gasteiger charge is -2.19. The Balaban J connectivity index is 1.72. The summed E-state index contributed by atoms with van der Waals surface area (Å²) >= 11 is 5.55. The molecule has 0 bridgehead atoms. The Hall–Kier alpha value is -1.63. The van der Waals surface area contributed by atoms with Gasteiger partial charge in [-0.2, -0.15) is 0 Å². The molecule has 2 N–H and O–H groups in total. The summed E-state index contributed by atoms with van der Waals surface area (Å²) in [6, 6.07) is 3.89. The summed E-state index contributed by atoms with van der Waals surface area (Å²) in [6.07, 6.45) is 0.898. The van der Waals surface area contributed by atoms with Gasteiger partial charge in [-0.15, -0.1) is 21.5 Å². The molecule has 30 heavy (non-hydrogen) atoms. The van der Waals surface area contributed by atoms with Crippen molar-refractivity contribution in [3.05, 3.63) is 22.4 Å². The molecule has 0 aromatic carbocycles. The molecule has 0 unspecified atom stereocenters. The van der Waals surface area contributed by atoms with Crippen molar-refractivity contribution in [3.63, 3.8) is 0 Å². The normalized spacial score (nSPS) is 10.6. The van der Waals surface area contributed by atoms with Crippen molar-refractivity contribution in [3.8, 4) is 0 Å². The molecule has 0 aliphatic carbocycles. The molecule has 0 saturated heterocycles. The quantitative estimate of drug-likeness (QED) is 0.418. The third-order valence-electron chi connectivity index (χ3n) is 3.71. The largest absolute Gasteiger partial charge is 0.355 e. The van der Waals surface area contributed by atoms with Crippen molar-refractivity contribution in [1.82, 2.24) is 25.7 Å². The monoisotopic (exact) mass is 487 g/mol. The lowest BCUT2D eigenvalue weighted by molar-refractivity contribution is -0.133. The van der Waals surface area contributed by atoms with Crippen LogP contribution in [0.2, 0.25) is 0 Å². The molecule has 0 aliphatic heterocycles. The van der Waals surface area contributed by atoms with E-state index in [1.54, 1.807) is 11.3 Å². The third-order valence-corrected chi connectivity index (χ3v) is 7.77. The van der Waals surface area contributed by atoms with Gasteiger partial charge in [0, 0.05) is 18.0 Å². The maximum Gasteiger partial charge on any atom is 0.239 e. The number of carbonyl (C=O) groups excluding carboxylic acids is 3. The standard InChI is InChI=1S/C18H25N5O3S4/c1-3-7-19-15(25)11-28-17-21-22-18(30-17)29-12-16(26)23(4-2)10-14(24)20-9-13-6-5-8-27-13/h5-6,8H,3-4,7,9-12H2,1-2H3,(H,19,25)(H,20,24). The van der Waals surface area contributed by atoms with Crippen LogP contribution in [0.15, 0.2) is 26.2 Å². The van der Waals surface area contributed by atoms with Gasteiger partial charge in [-0.05, 0) is 24.8 Å². The molecule has 0 aliphatic rings. The van der Waals surface area contributed by atoms with E-state index in [9.17, 15) is 14.4 Å². The number of aromatic nitrogens is 2. The summed E-state index contributed by atoms with van der Waals surface area (Å²) in [4.78, 5) is 38.8. The van der Waals surface area contributed by atoms with E-state index in [0.29, 0.717) is 34.1 Å². The van der Waals surface area contributed by atoms with E-state index in [1.807, 2.05) is 31.4 Å². The van der Waals surface area contributed by atoms with E-state index >= 15 is 0 Å². The van der Waals surface area contributed by atoms with Crippen LogP contribution in [0.4, 0.5) is 0 Å². The summed E-state index contributed by atoms with van der Waals surface area (Å²) in [6.45, 7) is 5.47. The SMILES string of the molecule is CCCNC(=O)CSc1nnc(SCC(=O)N(CC)CC(=O)NCc2cccs2)s1. The predicted octanol–water partition coefficient (Wildman–Crippen LogP) is 2.47. The first-order valence-corrected chi connectivity index (χ1v) is 13.1. The first kappa shape index (κ1) is 24.6. The smallest absolute Gasteiger partial charge is 0.239 e. The zero-order valence-corrected chi connectivity index (χ0v) is 20.1. The highest BCUT2D eigenvalue weighted by atomic mass is 32.2. The zero-order valence-electron chi connectivity index (χ0n) is 16.9. The van der Waals surface area contributed by atoms with Crippen molar-refractivity contribution in [2.24, 2.45) is 0 Å². The summed E-state index contributed by atoms with van der Waals surface area (Å²) in [5, 5.41) is 15.7. The molecule has 2 aromatic rings. The Morgan fingerprint density at radius 3 is 2.43 bits per heavy atom. The molecule has 12 heteroatoms. The molecule has 3 amide bonds. The van der Waals surface area contributed by atoms with Gasteiger partial charge in [-0.25, -0.2) is 0 Å². The van der Waals surface area contributed by atoms with Crippen molar-refractivity contribution >= 4 is 63.9 Å². The van der Waals surface area contributed by atoms with Crippen LogP contribution in [0.25, 0.3) is 0 Å². The van der Waals surface area contributed by atoms with Crippen molar-refractivity contribution < 1.29 is 14.4 Å². The van der Waals surface area contributed by atoms with Crippen molar-refractivity contribution in [2.75, 3.05) is 31.1 Å². The van der Waals surface area contributed by atoms with Gasteiger partial charge in [-0.1, -0.05) is 47.9 Å². The highest BCUT2D eigenvalue weighted by molar-refractivity contribution is 8.03. The molecule has 0 atom stereocenters. The van der Waals surface area contributed by atoms with Crippen LogP contribution in [0, 0.1) is 0 Å². The number of hydrogen-bond acceptors (Lipinski definition) is 9. The predicted molar refractivity (Wildman–Crippen MR) is 123 cm³/mol. The number of nitrogens with one attached hydrogen (secondary N) is 2. The molecular weight excluding hydrogens is 462 g/mol. The average Bonchev–Trinajstić information content (AvgIpc) is 3.43. The Morgan fingerprint density at radius 1 is 1.07 bits per heavy atom. The fourth-order valence-electron chi connectivity index (χ4n) is 2.18. The van der Waals surface area contributed by atoms with Crippen LogP contribution in [0.1, 0.15) is 25.1 Å². The topological polar surface area (TPSA) is 104 Å². The first-order chi connectivity index (χ1) is 14.5. The summed E-state index contributed by atoms with van der Waals surface area (Å²) in [5.41, 5.74) is 0. The van der Waals surface area contributed by atoms with Gasteiger partial charge in [0.2, 0.25) is 17.7 Å². The van der Waals surface area contributed by atoms with E-state index in [2.05, 4.69) is 20.8 Å². The number of hydrogen-bond donors (Lipinski definition) is 2. The molecular formula is C18H25N5O3S4. The van der Waals surface area contributed by atoms with Gasteiger partial charge >= 0.3 is 0 Å².